The third-order valence-electron chi connectivity index (χ3n) is 1.41. The molecule has 0 saturated heterocycles. The summed E-state index contributed by atoms with van der Waals surface area (Å²) in [6.45, 7) is 0. The molecule has 62 valence electrons. The molecule has 0 aromatic heterocycles. The fourth-order valence-corrected chi connectivity index (χ4v) is 0.833. The zero-order valence-electron chi connectivity index (χ0n) is 6.54. The summed E-state index contributed by atoms with van der Waals surface area (Å²) in [6.07, 6.45) is 0.410. The maximum atomic E-state index is 13.2. The summed E-state index contributed by atoms with van der Waals surface area (Å²) in [6, 6.07) is 5.83. The van der Waals surface area contributed by atoms with E-state index in [9.17, 15) is 9.18 Å². The second kappa shape index (κ2) is 4.04. The summed E-state index contributed by atoms with van der Waals surface area (Å²) < 4.78 is 13.2. The van der Waals surface area contributed by atoms with E-state index < -0.39 is 5.82 Å². The van der Waals surface area contributed by atoms with Gasteiger partial charge in [0.25, 0.3) is 0 Å². The summed E-state index contributed by atoms with van der Waals surface area (Å²) in [7, 11) is 0. The van der Waals surface area contributed by atoms with Crippen molar-refractivity contribution in [3.05, 3.63) is 35.1 Å². The Labute approximate surface area is 74.6 Å². The molecule has 0 aliphatic rings. The van der Waals surface area contributed by atoms with Gasteiger partial charge in [-0.05, 0) is 18.1 Å². The molecule has 1 aromatic carbocycles. The molecule has 3 heteroatoms. The van der Waals surface area contributed by atoms with Crippen molar-refractivity contribution in [2.24, 2.45) is 0 Å². The Morgan fingerprint density at radius 1 is 1.46 bits per heavy atom. The quantitative estimate of drug-likeness (QED) is 0.477. The number of nitriles is 1. The molecule has 2 nitrogen and oxygen atoms in total. The molecule has 0 saturated carbocycles. The van der Waals surface area contributed by atoms with E-state index in [2.05, 4.69) is 11.8 Å². The minimum absolute atomic E-state index is 0.0512. The molecule has 0 amide bonds. The number of aldehydes is 1. The Balaban J connectivity index is 3.25. The zero-order chi connectivity index (χ0) is 9.68. The molecule has 0 N–H and O–H groups in total. The Morgan fingerprint density at radius 2 is 2.23 bits per heavy atom. The molecule has 0 fully saturated rings. The summed E-state index contributed by atoms with van der Waals surface area (Å²) in [4.78, 5) is 10.3. The van der Waals surface area contributed by atoms with Crippen LogP contribution in [0.2, 0.25) is 0 Å². The van der Waals surface area contributed by atoms with Crippen LogP contribution in [0.4, 0.5) is 4.39 Å². The van der Waals surface area contributed by atoms with E-state index in [-0.39, 0.29) is 11.1 Å². The molecular weight excluding hydrogens is 169 g/mol. The number of nitrogens with zero attached hydrogens (tertiary/aromatic N) is 1. The number of carbonyl (C=O) groups is 1. The van der Waals surface area contributed by atoms with Gasteiger partial charge < -0.3 is 0 Å². The van der Waals surface area contributed by atoms with Crippen LogP contribution in [0.15, 0.2) is 18.2 Å². The zero-order valence-corrected chi connectivity index (χ0v) is 6.54. The fourth-order valence-electron chi connectivity index (χ4n) is 0.833. The van der Waals surface area contributed by atoms with Gasteiger partial charge in [0.05, 0.1) is 11.1 Å². The SMILES string of the molecule is N#CC#Cc1cccc(C=O)c1F. The Bertz CT molecular complexity index is 434. The first-order chi connectivity index (χ1) is 6.29. The van der Waals surface area contributed by atoms with Gasteiger partial charge in [-0.1, -0.05) is 6.07 Å². The van der Waals surface area contributed by atoms with Crippen molar-refractivity contribution in [2.75, 3.05) is 0 Å². The number of hydrogen-bond donors (Lipinski definition) is 0. The van der Waals surface area contributed by atoms with Crippen LogP contribution in [0.3, 0.4) is 0 Å². The molecule has 1 aromatic rings. The highest BCUT2D eigenvalue weighted by atomic mass is 19.1. The van der Waals surface area contributed by atoms with Crippen LogP contribution in [0.25, 0.3) is 0 Å². The van der Waals surface area contributed by atoms with Crippen LogP contribution in [0.1, 0.15) is 15.9 Å². The summed E-state index contributed by atoms with van der Waals surface area (Å²) >= 11 is 0. The number of hydrogen-bond acceptors (Lipinski definition) is 2. The van der Waals surface area contributed by atoms with Gasteiger partial charge in [0.1, 0.15) is 5.82 Å². The van der Waals surface area contributed by atoms with Gasteiger partial charge >= 0.3 is 0 Å². The maximum absolute atomic E-state index is 13.2. The van der Waals surface area contributed by atoms with E-state index in [1.54, 1.807) is 6.07 Å². The van der Waals surface area contributed by atoms with Gasteiger partial charge in [-0.3, -0.25) is 4.79 Å². The predicted molar refractivity (Wildman–Crippen MR) is 44.3 cm³/mol. The largest absolute Gasteiger partial charge is 0.298 e. The lowest BCUT2D eigenvalue weighted by molar-refractivity contribution is 0.112. The Morgan fingerprint density at radius 3 is 2.85 bits per heavy atom. The first-order valence-corrected chi connectivity index (χ1v) is 3.43. The smallest absolute Gasteiger partial charge is 0.153 e. The summed E-state index contributed by atoms with van der Waals surface area (Å²) in [5.74, 6) is 3.67. The average molecular weight is 173 g/mol. The first kappa shape index (κ1) is 8.96. The molecule has 0 radical (unpaired) electrons. The molecule has 0 heterocycles. The van der Waals surface area contributed by atoms with Gasteiger partial charge in [-0.2, -0.15) is 5.26 Å². The van der Waals surface area contributed by atoms with Crippen LogP contribution in [0.5, 0.6) is 0 Å². The lowest BCUT2D eigenvalue weighted by Gasteiger charge is -1.95. The summed E-state index contributed by atoms with van der Waals surface area (Å²) in [5.41, 5.74) is 0.0101. The molecule has 13 heavy (non-hydrogen) atoms. The van der Waals surface area contributed by atoms with Crippen molar-refractivity contribution in [3.63, 3.8) is 0 Å². The van der Waals surface area contributed by atoms with Crippen molar-refractivity contribution in [2.45, 2.75) is 0 Å². The fraction of sp³-hybridized carbons (Fsp3) is 0. The monoisotopic (exact) mass is 173 g/mol. The second-order valence-electron chi connectivity index (χ2n) is 2.19. The standard InChI is InChI=1S/C10H4FNO/c11-10-8(5-2-6-12)3-1-4-9(10)7-13/h1,3-4,7H. The van der Waals surface area contributed by atoms with Crippen molar-refractivity contribution in [1.82, 2.24) is 0 Å². The minimum Gasteiger partial charge on any atom is -0.298 e. The topological polar surface area (TPSA) is 40.9 Å². The molecule has 0 bridgehead atoms. The van der Waals surface area contributed by atoms with Crippen LogP contribution >= 0.6 is 0 Å². The lowest BCUT2D eigenvalue weighted by atomic mass is 10.1. The molecule has 0 aliphatic carbocycles. The van der Waals surface area contributed by atoms with Gasteiger partial charge in [-0.15, -0.1) is 0 Å². The minimum atomic E-state index is -0.680. The lowest BCUT2D eigenvalue weighted by Crippen LogP contribution is -1.90. The normalized spacial score (nSPS) is 8.00. The van der Waals surface area contributed by atoms with E-state index in [0.717, 1.165) is 0 Å². The van der Waals surface area contributed by atoms with Crippen LogP contribution in [-0.2, 0) is 0 Å². The summed E-state index contributed by atoms with van der Waals surface area (Å²) in [5, 5.41) is 8.13. The van der Waals surface area contributed by atoms with E-state index in [4.69, 9.17) is 5.26 Å². The van der Waals surface area contributed by atoms with Crippen LogP contribution in [0, 0.1) is 29.0 Å². The third kappa shape index (κ3) is 1.91. The number of benzene rings is 1. The van der Waals surface area contributed by atoms with Crippen molar-refractivity contribution in [1.29, 1.82) is 5.26 Å². The van der Waals surface area contributed by atoms with Crippen LogP contribution in [-0.4, -0.2) is 6.29 Å². The van der Waals surface area contributed by atoms with E-state index in [0.29, 0.717) is 6.29 Å². The first-order valence-electron chi connectivity index (χ1n) is 3.43. The Hall–Kier alpha value is -2.13. The average Bonchev–Trinajstić information content (AvgIpc) is 2.16. The van der Waals surface area contributed by atoms with Crippen molar-refractivity contribution in [3.8, 4) is 17.9 Å². The predicted octanol–water partition coefficient (Wildman–Crippen LogP) is 1.51. The number of rotatable bonds is 1. The molecule has 0 unspecified atom stereocenters. The molecule has 0 aliphatic heterocycles. The van der Waals surface area contributed by atoms with E-state index in [1.165, 1.54) is 18.2 Å². The van der Waals surface area contributed by atoms with Crippen molar-refractivity contribution < 1.29 is 9.18 Å². The van der Waals surface area contributed by atoms with Crippen LogP contribution < -0.4 is 0 Å². The van der Waals surface area contributed by atoms with Gasteiger partial charge in [0.15, 0.2) is 12.4 Å². The molecule has 0 atom stereocenters. The molecule has 1 rings (SSSR count). The maximum Gasteiger partial charge on any atom is 0.153 e. The highest BCUT2D eigenvalue weighted by Crippen LogP contribution is 2.09. The number of halogens is 1. The third-order valence-corrected chi connectivity index (χ3v) is 1.41. The van der Waals surface area contributed by atoms with Gasteiger partial charge in [0, 0.05) is 5.92 Å². The highest BCUT2D eigenvalue weighted by molar-refractivity contribution is 5.76. The molecule has 0 spiro atoms. The second-order valence-corrected chi connectivity index (χ2v) is 2.19. The van der Waals surface area contributed by atoms with Gasteiger partial charge in [-0.25, -0.2) is 4.39 Å². The van der Waals surface area contributed by atoms with Gasteiger partial charge in [0.2, 0.25) is 0 Å². The van der Waals surface area contributed by atoms with E-state index in [1.807, 2.05) is 0 Å². The Kier molecular flexibility index (Phi) is 2.78. The van der Waals surface area contributed by atoms with E-state index >= 15 is 0 Å². The van der Waals surface area contributed by atoms with Crippen molar-refractivity contribution >= 4 is 6.29 Å². The highest BCUT2D eigenvalue weighted by Gasteiger charge is 2.03. The molecular formula is C10H4FNO. The number of carbonyl (C=O) groups excluding carboxylic acids is 1.